The summed E-state index contributed by atoms with van der Waals surface area (Å²) in [5, 5.41) is 0. The van der Waals surface area contributed by atoms with Gasteiger partial charge in [0.15, 0.2) is 0 Å². The van der Waals surface area contributed by atoms with E-state index in [1.54, 1.807) is 4.90 Å². The summed E-state index contributed by atoms with van der Waals surface area (Å²) in [6, 6.07) is 7.45. The Kier molecular flexibility index (Phi) is 4.39. The first-order chi connectivity index (χ1) is 9.22. The van der Waals surface area contributed by atoms with Crippen LogP contribution >= 0.6 is 0 Å². The van der Waals surface area contributed by atoms with Gasteiger partial charge in [-0.15, -0.1) is 0 Å². The first-order valence-corrected chi connectivity index (χ1v) is 6.31. The van der Waals surface area contributed by atoms with E-state index in [0.29, 0.717) is 38.2 Å². The molecule has 0 saturated heterocycles. The van der Waals surface area contributed by atoms with Crippen LogP contribution in [0.4, 0.5) is 5.69 Å². The first-order valence-electron chi connectivity index (χ1n) is 6.31. The molecular formula is C14H17NO4. The minimum Gasteiger partial charge on any atom is -0.491 e. The monoisotopic (exact) mass is 263 g/mol. The highest BCUT2D eigenvalue weighted by atomic mass is 16.5. The van der Waals surface area contributed by atoms with E-state index in [1.807, 2.05) is 24.3 Å². The number of hydrogen-bond acceptors (Lipinski definition) is 4. The maximum absolute atomic E-state index is 12.1. The molecule has 1 amide bonds. The molecule has 1 heterocycles. The average molecular weight is 263 g/mol. The van der Waals surface area contributed by atoms with E-state index in [4.69, 9.17) is 4.74 Å². The number of fused-ring (bicyclic) bond motifs is 1. The maximum atomic E-state index is 12.1. The Morgan fingerprint density at radius 1 is 1.42 bits per heavy atom. The molecule has 1 aliphatic heterocycles. The van der Waals surface area contributed by atoms with E-state index in [9.17, 15) is 9.59 Å². The Balaban J connectivity index is 2.08. The summed E-state index contributed by atoms with van der Waals surface area (Å²) in [5.74, 6) is 0.480. The molecule has 0 unspecified atom stereocenters. The summed E-state index contributed by atoms with van der Waals surface area (Å²) in [5.41, 5.74) is 0.773. The molecule has 5 nitrogen and oxygen atoms in total. The first kappa shape index (κ1) is 13.4. The highest BCUT2D eigenvalue weighted by Gasteiger charge is 2.22. The molecular weight excluding hydrogens is 246 g/mol. The standard InChI is InChI=1S/C14H17NO4/c1-18-14(17)7-4-9-15-11-5-2-3-6-12(11)19-10-8-13(15)16/h2-3,5-6H,4,7-10H2,1H3. The number of esters is 1. The van der Waals surface area contributed by atoms with E-state index in [2.05, 4.69) is 4.74 Å². The number of ether oxygens (including phenoxy) is 2. The van der Waals surface area contributed by atoms with Gasteiger partial charge in [0.1, 0.15) is 5.75 Å². The summed E-state index contributed by atoms with van der Waals surface area (Å²) in [6.45, 7) is 0.887. The molecule has 0 aromatic heterocycles. The summed E-state index contributed by atoms with van der Waals surface area (Å²) in [4.78, 5) is 24.8. The number of amides is 1. The number of carbonyl (C=O) groups excluding carboxylic acids is 2. The maximum Gasteiger partial charge on any atom is 0.305 e. The van der Waals surface area contributed by atoms with Crippen molar-refractivity contribution in [3.05, 3.63) is 24.3 Å². The molecule has 1 aliphatic rings. The van der Waals surface area contributed by atoms with Gasteiger partial charge in [0.25, 0.3) is 0 Å². The molecule has 1 aromatic carbocycles. The topological polar surface area (TPSA) is 55.8 Å². The SMILES string of the molecule is COC(=O)CCCN1C(=O)CCOc2ccccc21. The second-order valence-corrected chi connectivity index (χ2v) is 4.29. The molecule has 1 aromatic rings. The fraction of sp³-hybridized carbons (Fsp3) is 0.429. The normalized spacial score (nSPS) is 14.4. The van der Waals surface area contributed by atoms with E-state index >= 15 is 0 Å². The van der Waals surface area contributed by atoms with Gasteiger partial charge in [-0.05, 0) is 18.6 Å². The fourth-order valence-electron chi connectivity index (χ4n) is 2.05. The predicted molar refractivity (Wildman–Crippen MR) is 70.2 cm³/mol. The largest absolute Gasteiger partial charge is 0.491 e. The third kappa shape index (κ3) is 3.24. The van der Waals surface area contributed by atoms with E-state index in [1.165, 1.54) is 7.11 Å². The molecule has 0 N–H and O–H groups in total. The lowest BCUT2D eigenvalue weighted by Crippen LogP contribution is -2.31. The van der Waals surface area contributed by atoms with Crippen LogP contribution in [0, 0.1) is 0 Å². The number of hydrogen-bond donors (Lipinski definition) is 0. The van der Waals surface area contributed by atoms with Gasteiger partial charge in [0.2, 0.25) is 5.91 Å². The van der Waals surface area contributed by atoms with Crippen LogP contribution in [-0.2, 0) is 14.3 Å². The van der Waals surface area contributed by atoms with Crippen molar-refractivity contribution < 1.29 is 19.1 Å². The molecule has 0 fully saturated rings. The molecule has 2 rings (SSSR count). The molecule has 102 valence electrons. The number of methoxy groups -OCH3 is 1. The molecule has 0 saturated carbocycles. The Hall–Kier alpha value is -2.04. The fourth-order valence-corrected chi connectivity index (χ4v) is 2.05. The average Bonchev–Trinajstić information content (AvgIpc) is 2.58. The highest BCUT2D eigenvalue weighted by molar-refractivity contribution is 5.95. The second kappa shape index (κ2) is 6.22. The van der Waals surface area contributed by atoms with Crippen LogP contribution in [0.2, 0.25) is 0 Å². The predicted octanol–water partition coefficient (Wildman–Crippen LogP) is 1.76. The van der Waals surface area contributed by atoms with Crippen molar-refractivity contribution in [3.63, 3.8) is 0 Å². The second-order valence-electron chi connectivity index (χ2n) is 4.29. The Morgan fingerprint density at radius 3 is 3.00 bits per heavy atom. The van der Waals surface area contributed by atoms with Gasteiger partial charge in [0.05, 0.1) is 25.8 Å². The van der Waals surface area contributed by atoms with E-state index < -0.39 is 0 Å². The molecule has 0 atom stereocenters. The van der Waals surface area contributed by atoms with Crippen molar-refractivity contribution in [2.45, 2.75) is 19.3 Å². The zero-order valence-corrected chi connectivity index (χ0v) is 10.9. The van der Waals surface area contributed by atoms with Crippen molar-refractivity contribution in [1.82, 2.24) is 0 Å². The minimum absolute atomic E-state index is 0.0230. The van der Waals surface area contributed by atoms with Crippen molar-refractivity contribution in [1.29, 1.82) is 0 Å². The molecule has 0 spiro atoms. The van der Waals surface area contributed by atoms with E-state index in [-0.39, 0.29) is 11.9 Å². The smallest absolute Gasteiger partial charge is 0.305 e. The highest BCUT2D eigenvalue weighted by Crippen LogP contribution is 2.31. The molecule has 5 heteroatoms. The summed E-state index contributed by atoms with van der Waals surface area (Å²) in [7, 11) is 1.36. The number of para-hydroxylation sites is 2. The van der Waals surface area contributed by atoms with Gasteiger partial charge >= 0.3 is 5.97 Å². The van der Waals surface area contributed by atoms with Crippen molar-refractivity contribution >= 4 is 17.6 Å². The van der Waals surface area contributed by atoms with Crippen LogP contribution < -0.4 is 9.64 Å². The van der Waals surface area contributed by atoms with Gasteiger partial charge in [-0.25, -0.2) is 0 Å². The number of anilines is 1. The van der Waals surface area contributed by atoms with Crippen LogP contribution in [0.3, 0.4) is 0 Å². The van der Waals surface area contributed by atoms with Crippen LogP contribution in [0.5, 0.6) is 5.75 Å². The van der Waals surface area contributed by atoms with Crippen LogP contribution in [0.25, 0.3) is 0 Å². The zero-order chi connectivity index (χ0) is 13.7. The number of nitrogens with zero attached hydrogens (tertiary/aromatic N) is 1. The minimum atomic E-state index is -0.258. The third-order valence-corrected chi connectivity index (χ3v) is 3.02. The zero-order valence-electron chi connectivity index (χ0n) is 10.9. The quantitative estimate of drug-likeness (QED) is 0.777. The van der Waals surface area contributed by atoms with Crippen molar-refractivity contribution in [3.8, 4) is 5.75 Å². The van der Waals surface area contributed by atoms with Crippen LogP contribution in [-0.4, -0.2) is 32.1 Å². The Morgan fingerprint density at radius 2 is 2.21 bits per heavy atom. The molecule has 0 aliphatic carbocycles. The van der Waals surface area contributed by atoms with Gasteiger partial charge in [-0.3, -0.25) is 9.59 Å². The Bertz CT molecular complexity index is 472. The molecule has 0 bridgehead atoms. The van der Waals surface area contributed by atoms with Gasteiger partial charge in [-0.1, -0.05) is 12.1 Å². The Labute approximate surface area is 112 Å². The summed E-state index contributed by atoms with van der Waals surface area (Å²) in [6.07, 6.45) is 1.24. The van der Waals surface area contributed by atoms with Crippen molar-refractivity contribution in [2.24, 2.45) is 0 Å². The van der Waals surface area contributed by atoms with Crippen molar-refractivity contribution in [2.75, 3.05) is 25.2 Å². The molecule has 19 heavy (non-hydrogen) atoms. The van der Waals surface area contributed by atoms with E-state index in [0.717, 1.165) is 5.69 Å². The van der Waals surface area contributed by atoms with Gasteiger partial charge in [-0.2, -0.15) is 0 Å². The van der Waals surface area contributed by atoms with Crippen LogP contribution in [0.1, 0.15) is 19.3 Å². The molecule has 0 radical (unpaired) electrons. The van der Waals surface area contributed by atoms with Crippen LogP contribution in [0.15, 0.2) is 24.3 Å². The number of rotatable bonds is 4. The van der Waals surface area contributed by atoms with Gasteiger partial charge < -0.3 is 14.4 Å². The number of carbonyl (C=O) groups is 2. The number of benzene rings is 1. The van der Waals surface area contributed by atoms with Gasteiger partial charge in [0, 0.05) is 13.0 Å². The third-order valence-electron chi connectivity index (χ3n) is 3.02. The summed E-state index contributed by atoms with van der Waals surface area (Å²) >= 11 is 0. The summed E-state index contributed by atoms with van der Waals surface area (Å²) < 4.78 is 10.1. The lowest BCUT2D eigenvalue weighted by molar-refractivity contribution is -0.140. The lowest BCUT2D eigenvalue weighted by atomic mass is 10.2. The lowest BCUT2D eigenvalue weighted by Gasteiger charge is -2.21.